The Balaban J connectivity index is 1.74. The number of imide groups is 1. The molecule has 3 amide bonds. The number of nitrogens with zero attached hydrogens (tertiary/aromatic N) is 1. The summed E-state index contributed by atoms with van der Waals surface area (Å²) in [5.74, 6) is -1.19. The molecule has 144 valence electrons. The highest BCUT2D eigenvalue weighted by molar-refractivity contribution is 9.11. The largest absolute Gasteiger partial charge is 0.508 e. The Morgan fingerprint density at radius 3 is 2.50 bits per heavy atom. The van der Waals surface area contributed by atoms with Crippen molar-refractivity contribution in [1.29, 1.82) is 0 Å². The third kappa shape index (κ3) is 4.57. The van der Waals surface area contributed by atoms with Gasteiger partial charge in [-0.15, -0.1) is 0 Å². The van der Waals surface area contributed by atoms with Gasteiger partial charge in [-0.1, -0.05) is 15.9 Å². The molecule has 0 radical (unpaired) electrons. The van der Waals surface area contributed by atoms with Gasteiger partial charge >= 0.3 is 0 Å². The molecule has 1 aliphatic rings. The zero-order valence-corrected chi connectivity index (χ0v) is 18.0. The van der Waals surface area contributed by atoms with E-state index in [2.05, 4.69) is 37.2 Å². The van der Waals surface area contributed by atoms with Gasteiger partial charge in [-0.3, -0.25) is 19.3 Å². The van der Waals surface area contributed by atoms with Crippen molar-refractivity contribution in [2.75, 3.05) is 11.9 Å². The molecule has 1 aliphatic heterocycles. The first-order valence-electron chi connectivity index (χ1n) is 7.77. The van der Waals surface area contributed by atoms with Crippen LogP contribution in [-0.4, -0.2) is 38.7 Å². The maximum absolute atomic E-state index is 12.5. The van der Waals surface area contributed by atoms with Crippen LogP contribution in [0.15, 0.2) is 50.2 Å². The standard InChI is InChI=1S/C18H12Br2N2O5S/c19-10-5-9(16(25)13(20)7-10)6-14-17(26)22(18(27)28-14)8-15(24)21-11-1-3-12(23)4-2-11/h1-7,23,25H,8H2,(H,21,24)/b14-6-. The lowest BCUT2D eigenvalue weighted by atomic mass is 10.2. The van der Waals surface area contributed by atoms with Crippen molar-refractivity contribution < 1.29 is 24.6 Å². The Morgan fingerprint density at radius 1 is 1.14 bits per heavy atom. The number of hydrogen-bond acceptors (Lipinski definition) is 6. The van der Waals surface area contributed by atoms with E-state index in [0.717, 1.165) is 4.90 Å². The van der Waals surface area contributed by atoms with Crippen LogP contribution in [0.2, 0.25) is 0 Å². The highest BCUT2D eigenvalue weighted by Crippen LogP contribution is 2.37. The molecule has 10 heteroatoms. The van der Waals surface area contributed by atoms with Crippen LogP contribution < -0.4 is 5.32 Å². The number of carbonyl (C=O) groups is 3. The molecule has 0 aromatic heterocycles. The van der Waals surface area contributed by atoms with Gasteiger partial charge in [0.2, 0.25) is 5.91 Å². The number of halogens is 2. The van der Waals surface area contributed by atoms with E-state index >= 15 is 0 Å². The molecule has 3 rings (SSSR count). The van der Waals surface area contributed by atoms with E-state index in [1.165, 1.54) is 30.3 Å². The SMILES string of the molecule is O=C(CN1C(=O)S/C(=C\c2cc(Br)cc(Br)c2O)C1=O)Nc1ccc(O)cc1. The van der Waals surface area contributed by atoms with Gasteiger partial charge in [-0.2, -0.15) is 0 Å². The van der Waals surface area contributed by atoms with E-state index in [9.17, 15) is 24.6 Å². The molecule has 28 heavy (non-hydrogen) atoms. The lowest BCUT2D eigenvalue weighted by Crippen LogP contribution is -2.36. The number of benzene rings is 2. The Bertz CT molecular complexity index is 1010. The van der Waals surface area contributed by atoms with Gasteiger partial charge in [0, 0.05) is 15.7 Å². The van der Waals surface area contributed by atoms with Crippen LogP contribution in [0.3, 0.4) is 0 Å². The molecule has 1 saturated heterocycles. The fraction of sp³-hybridized carbons (Fsp3) is 0.0556. The molecule has 7 nitrogen and oxygen atoms in total. The first-order valence-corrected chi connectivity index (χ1v) is 10.2. The van der Waals surface area contributed by atoms with Gasteiger partial charge in [-0.05, 0) is 70.2 Å². The Morgan fingerprint density at radius 2 is 1.82 bits per heavy atom. The zero-order valence-electron chi connectivity index (χ0n) is 14.0. The second-order valence-electron chi connectivity index (χ2n) is 5.69. The number of carbonyl (C=O) groups excluding carboxylic acids is 3. The van der Waals surface area contributed by atoms with Crippen LogP contribution in [0.5, 0.6) is 11.5 Å². The van der Waals surface area contributed by atoms with Gasteiger partial charge in [0.25, 0.3) is 11.1 Å². The smallest absolute Gasteiger partial charge is 0.294 e. The van der Waals surface area contributed by atoms with Crippen molar-refractivity contribution in [3.05, 3.63) is 55.8 Å². The number of phenols is 2. The van der Waals surface area contributed by atoms with Gasteiger partial charge in [0.15, 0.2) is 0 Å². The summed E-state index contributed by atoms with van der Waals surface area (Å²) in [5, 5.41) is 21.3. The van der Waals surface area contributed by atoms with Crippen molar-refractivity contribution in [3.8, 4) is 11.5 Å². The van der Waals surface area contributed by atoms with Gasteiger partial charge in [-0.25, -0.2) is 0 Å². The van der Waals surface area contributed by atoms with Crippen LogP contribution in [0.1, 0.15) is 5.56 Å². The summed E-state index contributed by atoms with van der Waals surface area (Å²) in [4.78, 5) is 37.8. The predicted molar refractivity (Wildman–Crippen MR) is 113 cm³/mol. The van der Waals surface area contributed by atoms with Crippen LogP contribution in [-0.2, 0) is 9.59 Å². The third-order valence-electron chi connectivity index (χ3n) is 3.67. The molecule has 1 fully saturated rings. The average molecular weight is 528 g/mol. The summed E-state index contributed by atoms with van der Waals surface area (Å²) >= 11 is 7.19. The maximum atomic E-state index is 12.5. The molecule has 0 unspecified atom stereocenters. The first kappa shape index (κ1) is 20.4. The maximum Gasteiger partial charge on any atom is 0.294 e. The van der Waals surface area contributed by atoms with Crippen molar-refractivity contribution in [2.24, 2.45) is 0 Å². The number of anilines is 1. The van der Waals surface area contributed by atoms with Crippen molar-refractivity contribution in [3.63, 3.8) is 0 Å². The fourth-order valence-electron chi connectivity index (χ4n) is 2.36. The molecular formula is C18H12Br2N2O5S. The van der Waals surface area contributed by atoms with Crippen molar-refractivity contribution in [2.45, 2.75) is 0 Å². The number of hydrogen-bond donors (Lipinski definition) is 3. The number of amides is 3. The molecule has 0 spiro atoms. The number of thioether (sulfide) groups is 1. The number of phenolic OH excluding ortho intramolecular Hbond substituents is 2. The average Bonchev–Trinajstić information content (AvgIpc) is 2.88. The number of rotatable bonds is 4. The molecule has 0 atom stereocenters. The topological polar surface area (TPSA) is 107 Å². The fourth-order valence-corrected chi connectivity index (χ4v) is 4.45. The Kier molecular flexibility index (Phi) is 6.11. The molecule has 3 N–H and O–H groups in total. The van der Waals surface area contributed by atoms with E-state index in [-0.39, 0.29) is 16.4 Å². The Labute approximate surface area is 180 Å². The van der Waals surface area contributed by atoms with Crippen molar-refractivity contribution in [1.82, 2.24) is 4.90 Å². The highest BCUT2D eigenvalue weighted by atomic mass is 79.9. The highest BCUT2D eigenvalue weighted by Gasteiger charge is 2.36. The van der Waals surface area contributed by atoms with Crippen LogP contribution in [0.4, 0.5) is 10.5 Å². The summed E-state index contributed by atoms with van der Waals surface area (Å²) in [6.45, 7) is -0.447. The summed E-state index contributed by atoms with van der Waals surface area (Å²) < 4.78 is 1.11. The molecule has 0 aliphatic carbocycles. The molecule has 0 saturated carbocycles. The van der Waals surface area contributed by atoms with Gasteiger partial charge < -0.3 is 15.5 Å². The summed E-state index contributed by atoms with van der Waals surface area (Å²) in [5.41, 5.74) is 0.773. The predicted octanol–water partition coefficient (Wildman–Crippen LogP) is 4.30. The van der Waals surface area contributed by atoms with E-state index in [4.69, 9.17) is 0 Å². The van der Waals surface area contributed by atoms with E-state index < -0.39 is 23.6 Å². The normalized spacial score (nSPS) is 15.4. The number of aromatic hydroxyl groups is 2. The Hall–Kier alpha value is -2.30. The van der Waals surface area contributed by atoms with E-state index in [1.54, 1.807) is 12.1 Å². The van der Waals surface area contributed by atoms with Crippen LogP contribution in [0, 0.1) is 0 Å². The van der Waals surface area contributed by atoms with Gasteiger partial charge in [0.05, 0.1) is 9.38 Å². The van der Waals surface area contributed by atoms with Crippen molar-refractivity contribution >= 4 is 72.4 Å². The quantitative estimate of drug-likeness (QED) is 0.404. The van der Waals surface area contributed by atoms with Crippen LogP contribution in [0.25, 0.3) is 6.08 Å². The molecule has 0 bridgehead atoms. The van der Waals surface area contributed by atoms with E-state index in [1.807, 2.05) is 0 Å². The third-order valence-corrected chi connectivity index (χ3v) is 5.64. The van der Waals surface area contributed by atoms with E-state index in [0.29, 0.717) is 32.0 Å². The minimum absolute atomic E-state index is 0.0523. The minimum Gasteiger partial charge on any atom is -0.508 e. The summed E-state index contributed by atoms with van der Waals surface area (Å²) in [7, 11) is 0. The molecular weight excluding hydrogens is 516 g/mol. The van der Waals surface area contributed by atoms with Gasteiger partial charge in [0.1, 0.15) is 18.0 Å². The second kappa shape index (κ2) is 8.38. The van der Waals surface area contributed by atoms with Crippen LogP contribution >= 0.6 is 43.6 Å². The molecule has 1 heterocycles. The lowest BCUT2D eigenvalue weighted by Gasteiger charge is -2.12. The molecule has 2 aromatic carbocycles. The minimum atomic E-state index is -0.619. The second-order valence-corrected chi connectivity index (χ2v) is 8.45. The first-order chi connectivity index (χ1) is 13.2. The lowest BCUT2D eigenvalue weighted by molar-refractivity contribution is -0.127. The molecule has 2 aromatic rings. The number of nitrogens with one attached hydrogen (secondary N) is 1. The summed E-state index contributed by atoms with van der Waals surface area (Å²) in [6.07, 6.45) is 1.40. The monoisotopic (exact) mass is 526 g/mol. The summed E-state index contributed by atoms with van der Waals surface area (Å²) in [6, 6.07) is 9.05. The zero-order chi connectivity index (χ0) is 20.4.